The smallest absolute Gasteiger partial charge is 0.324 e. The van der Waals surface area contributed by atoms with Gasteiger partial charge in [-0.25, -0.2) is 4.39 Å². The zero-order valence-electron chi connectivity index (χ0n) is 10.7. The average molecular weight is 271 g/mol. The zero-order chi connectivity index (χ0) is 14.6. The normalized spacial score (nSPS) is 14.1. The summed E-state index contributed by atoms with van der Waals surface area (Å²) in [5.41, 5.74) is 4.40. The van der Waals surface area contributed by atoms with Crippen molar-refractivity contribution in [1.29, 1.82) is 0 Å². The van der Waals surface area contributed by atoms with Gasteiger partial charge >= 0.3 is 5.97 Å². The second kappa shape index (κ2) is 5.88. The molecule has 0 bridgehead atoms. The molecular formula is C13H18FNO4. The molecule has 0 radical (unpaired) electrons. The maximum atomic E-state index is 13.0. The third kappa shape index (κ3) is 3.35. The van der Waals surface area contributed by atoms with E-state index in [1.54, 1.807) is 0 Å². The van der Waals surface area contributed by atoms with E-state index < -0.39 is 28.8 Å². The van der Waals surface area contributed by atoms with Crippen LogP contribution in [0.15, 0.2) is 12.1 Å². The summed E-state index contributed by atoms with van der Waals surface area (Å²) in [6.45, 7) is 1.91. The van der Waals surface area contributed by atoms with Crippen LogP contribution < -0.4 is 5.73 Å². The minimum Gasteiger partial charge on any atom is -0.504 e. The molecule has 1 atom stereocenters. The molecule has 0 aliphatic heterocycles. The Morgan fingerprint density at radius 2 is 2.00 bits per heavy atom. The molecule has 0 aliphatic carbocycles. The lowest BCUT2D eigenvalue weighted by Crippen LogP contribution is -2.49. The summed E-state index contributed by atoms with van der Waals surface area (Å²) in [5, 5.41) is 28.1. The van der Waals surface area contributed by atoms with Gasteiger partial charge in [0.05, 0.1) is 0 Å². The van der Waals surface area contributed by atoms with E-state index in [1.807, 2.05) is 6.92 Å². The summed E-state index contributed by atoms with van der Waals surface area (Å²) >= 11 is 0. The van der Waals surface area contributed by atoms with Crippen molar-refractivity contribution >= 4 is 5.97 Å². The number of rotatable bonds is 6. The van der Waals surface area contributed by atoms with Crippen LogP contribution in [0.1, 0.15) is 31.7 Å². The number of aliphatic carboxylic acids is 1. The minimum absolute atomic E-state index is 0.111. The number of carboxylic acid groups (broad SMARTS) is 1. The molecule has 5 nitrogen and oxygen atoms in total. The molecule has 0 saturated heterocycles. The maximum Gasteiger partial charge on any atom is 0.324 e. The lowest BCUT2D eigenvalue weighted by Gasteiger charge is -2.25. The average Bonchev–Trinajstić information content (AvgIpc) is 2.37. The van der Waals surface area contributed by atoms with Crippen LogP contribution in [-0.2, 0) is 11.2 Å². The molecule has 5 N–H and O–H groups in total. The van der Waals surface area contributed by atoms with Crippen molar-refractivity contribution in [3.8, 4) is 11.5 Å². The summed E-state index contributed by atoms with van der Waals surface area (Å²) in [6.07, 6.45) is 1.46. The lowest BCUT2D eigenvalue weighted by molar-refractivity contribution is -0.143. The summed E-state index contributed by atoms with van der Waals surface area (Å²) < 4.78 is 13.0. The van der Waals surface area contributed by atoms with Crippen molar-refractivity contribution < 1.29 is 24.5 Å². The van der Waals surface area contributed by atoms with Crippen LogP contribution in [0, 0.1) is 5.82 Å². The molecule has 0 aliphatic rings. The monoisotopic (exact) mass is 271 g/mol. The Bertz CT molecular complexity index is 478. The van der Waals surface area contributed by atoms with E-state index in [1.165, 1.54) is 6.07 Å². The molecule has 1 aromatic carbocycles. The second-order valence-electron chi connectivity index (χ2n) is 4.65. The molecule has 0 aromatic heterocycles. The van der Waals surface area contributed by atoms with E-state index in [2.05, 4.69) is 0 Å². The number of benzene rings is 1. The Balaban J connectivity index is 3.04. The van der Waals surface area contributed by atoms with Gasteiger partial charge in [-0.15, -0.1) is 0 Å². The molecule has 0 spiro atoms. The van der Waals surface area contributed by atoms with Crippen LogP contribution >= 0.6 is 0 Å². The number of carboxylic acids is 1. The third-order valence-corrected chi connectivity index (χ3v) is 3.09. The zero-order valence-corrected chi connectivity index (χ0v) is 10.7. The van der Waals surface area contributed by atoms with Gasteiger partial charge in [0.2, 0.25) is 0 Å². The third-order valence-electron chi connectivity index (χ3n) is 3.09. The van der Waals surface area contributed by atoms with Crippen molar-refractivity contribution in [3.05, 3.63) is 23.5 Å². The van der Waals surface area contributed by atoms with E-state index in [0.29, 0.717) is 6.42 Å². The second-order valence-corrected chi connectivity index (χ2v) is 4.65. The van der Waals surface area contributed by atoms with Gasteiger partial charge in [0, 0.05) is 12.0 Å². The van der Waals surface area contributed by atoms with E-state index in [9.17, 15) is 24.5 Å². The number of hydrogen-bond acceptors (Lipinski definition) is 4. The highest BCUT2D eigenvalue weighted by Crippen LogP contribution is 2.34. The van der Waals surface area contributed by atoms with Gasteiger partial charge in [0.1, 0.15) is 5.54 Å². The van der Waals surface area contributed by atoms with Crippen LogP contribution in [0.25, 0.3) is 0 Å². The fraction of sp³-hybridized carbons (Fsp3) is 0.462. The fourth-order valence-electron chi connectivity index (χ4n) is 1.84. The molecular weight excluding hydrogens is 253 g/mol. The van der Waals surface area contributed by atoms with Gasteiger partial charge in [-0.1, -0.05) is 25.8 Å². The molecule has 0 fully saturated rings. The number of hydrogen-bond donors (Lipinski definition) is 4. The molecule has 6 heteroatoms. The maximum absolute atomic E-state index is 13.0. The Morgan fingerprint density at radius 1 is 1.37 bits per heavy atom. The Morgan fingerprint density at radius 3 is 2.53 bits per heavy atom. The van der Waals surface area contributed by atoms with Gasteiger partial charge in [-0.05, 0) is 12.5 Å². The first-order chi connectivity index (χ1) is 8.81. The van der Waals surface area contributed by atoms with Crippen LogP contribution in [0.2, 0.25) is 0 Å². The van der Waals surface area contributed by atoms with Gasteiger partial charge in [-0.3, -0.25) is 4.79 Å². The molecule has 106 valence electrons. The Kier molecular flexibility index (Phi) is 4.72. The van der Waals surface area contributed by atoms with Crippen LogP contribution in [0.3, 0.4) is 0 Å². The number of phenolic OH excluding ortho intramolecular Hbond substituents is 2. The van der Waals surface area contributed by atoms with Crippen molar-refractivity contribution in [1.82, 2.24) is 0 Å². The molecule has 0 unspecified atom stereocenters. The first kappa shape index (κ1) is 15.2. The van der Waals surface area contributed by atoms with Crippen LogP contribution in [-0.4, -0.2) is 26.8 Å². The van der Waals surface area contributed by atoms with Gasteiger partial charge in [0.25, 0.3) is 0 Å². The van der Waals surface area contributed by atoms with Crippen molar-refractivity contribution in [2.45, 2.75) is 38.1 Å². The predicted octanol–water partition coefficient (Wildman–Crippen LogP) is 1.75. The van der Waals surface area contributed by atoms with Gasteiger partial charge in [-0.2, -0.15) is 0 Å². The Hall–Kier alpha value is -1.82. The van der Waals surface area contributed by atoms with Crippen molar-refractivity contribution in [2.75, 3.05) is 0 Å². The highest BCUT2D eigenvalue weighted by atomic mass is 19.1. The molecule has 0 amide bonds. The topological polar surface area (TPSA) is 104 Å². The highest BCUT2D eigenvalue weighted by molar-refractivity contribution is 5.79. The highest BCUT2D eigenvalue weighted by Gasteiger charge is 2.34. The largest absolute Gasteiger partial charge is 0.504 e. The quantitative estimate of drug-likeness (QED) is 0.590. The molecule has 1 aromatic rings. The van der Waals surface area contributed by atoms with E-state index in [4.69, 9.17) is 5.73 Å². The van der Waals surface area contributed by atoms with Crippen LogP contribution in [0.4, 0.5) is 4.39 Å². The van der Waals surface area contributed by atoms with E-state index >= 15 is 0 Å². The number of halogens is 1. The molecule has 0 saturated carbocycles. The molecule has 19 heavy (non-hydrogen) atoms. The number of phenols is 2. The molecule has 0 heterocycles. The lowest BCUT2D eigenvalue weighted by atomic mass is 9.86. The standard InChI is InChI=1S/C13H18FNO4/c1-2-3-6-13(15,12(18)19)7-8-4-5-9(14)11(17)10(8)16/h4-5,16-17H,2-3,6-7,15H2,1H3,(H,18,19)/t13-/m0/s1. The summed E-state index contributed by atoms with van der Waals surface area (Å²) in [5.74, 6) is -3.70. The van der Waals surface area contributed by atoms with Gasteiger partial charge < -0.3 is 21.1 Å². The fourth-order valence-corrected chi connectivity index (χ4v) is 1.84. The van der Waals surface area contributed by atoms with E-state index in [0.717, 1.165) is 12.5 Å². The SMILES string of the molecule is CCCC[C@](N)(Cc1ccc(F)c(O)c1O)C(=O)O. The predicted molar refractivity (Wildman–Crippen MR) is 67.5 cm³/mol. The first-order valence-electron chi connectivity index (χ1n) is 6.03. The molecule has 1 rings (SSSR count). The summed E-state index contributed by atoms with van der Waals surface area (Å²) in [6, 6.07) is 2.19. The summed E-state index contributed by atoms with van der Waals surface area (Å²) in [7, 11) is 0. The van der Waals surface area contributed by atoms with E-state index in [-0.39, 0.29) is 18.4 Å². The van der Waals surface area contributed by atoms with Crippen molar-refractivity contribution in [3.63, 3.8) is 0 Å². The number of carbonyl (C=O) groups is 1. The number of unbranched alkanes of at least 4 members (excludes halogenated alkanes) is 1. The Labute approximate surface area is 110 Å². The van der Waals surface area contributed by atoms with Crippen molar-refractivity contribution in [2.24, 2.45) is 5.73 Å². The summed E-state index contributed by atoms with van der Waals surface area (Å²) in [4.78, 5) is 11.3. The minimum atomic E-state index is -1.54. The van der Waals surface area contributed by atoms with Crippen LogP contribution in [0.5, 0.6) is 11.5 Å². The number of nitrogens with two attached hydrogens (primary N) is 1. The number of aromatic hydroxyl groups is 2. The first-order valence-corrected chi connectivity index (χ1v) is 6.03. The van der Waals surface area contributed by atoms with Gasteiger partial charge in [0.15, 0.2) is 17.3 Å².